The summed E-state index contributed by atoms with van der Waals surface area (Å²) in [7, 11) is 0. The van der Waals surface area contributed by atoms with Crippen molar-refractivity contribution in [3.8, 4) is 0 Å². The Bertz CT molecular complexity index is 371. The summed E-state index contributed by atoms with van der Waals surface area (Å²) in [6.45, 7) is 1.01. The summed E-state index contributed by atoms with van der Waals surface area (Å²) in [5.74, 6) is 0.0857. The lowest BCUT2D eigenvalue weighted by molar-refractivity contribution is 0.0972. The monoisotopic (exact) mass is 263 g/mol. The Balaban J connectivity index is 2.03. The number of carbonyl (C=O) groups is 1. The zero-order chi connectivity index (χ0) is 10.8. The van der Waals surface area contributed by atoms with Gasteiger partial charge in [-0.1, -0.05) is 23.2 Å². The van der Waals surface area contributed by atoms with Crippen molar-refractivity contribution in [2.75, 3.05) is 6.54 Å². The zero-order valence-corrected chi connectivity index (χ0v) is 10.4. The van der Waals surface area contributed by atoms with Crippen molar-refractivity contribution in [1.82, 2.24) is 5.32 Å². The molecule has 5 heteroatoms. The maximum atomic E-state index is 11.9. The van der Waals surface area contributed by atoms with Gasteiger partial charge in [-0.3, -0.25) is 4.79 Å². The Morgan fingerprint density at radius 3 is 2.93 bits per heavy atom. The number of hydrogen-bond acceptors (Lipinski definition) is 3. The van der Waals surface area contributed by atoms with Gasteiger partial charge in [-0.25, -0.2) is 0 Å². The molecule has 0 amide bonds. The molecule has 1 N–H and O–H groups in total. The molecule has 0 bridgehead atoms. The molecule has 82 valence electrons. The average molecular weight is 264 g/mol. The van der Waals surface area contributed by atoms with Crippen LogP contribution in [0.25, 0.3) is 0 Å². The Kier molecular flexibility index (Phi) is 3.67. The van der Waals surface area contributed by atoms with Crippen molar-refractivity contribution in [2.24, 2.45) is 0 Å². The van der Waals surface area contributed by atoms with Crippen molar-refractivity contribution in [2.45, 2.75) is 25.3 Å². The van der Waals surface area contributed by atoms with E-state index in [2.05, 4.69) is 5.32 Å². The lowest BCUT2D eigenvalue weighted by atomic mass is 10.1. The minimum absolute atomic E-state index is 0.0857. The normalized spacial score (nSPS) is 20.8. The first-order chi connectivity index (χ1) is 7.16. The van der Waals surface area contributed by atoms with E-state index in [1.54, 1.807) is 6.07 Å². The lowest BCUT2D eigenvalue weighted by Crippen LogP contribution is -2.24. The van der Waals surface area contributed by atoms with Crippen LogP contribution in [0.4, 0.5) is 0 Å². The van der Waals surface area contributed by atoms with Gasteiger partial charge in [0.15, 0.2) is 5.78 Å². The second kappa shape index (κ2) is 4.83. The van der Waals surface area contributed by atoms with Crippen molar-refractivity contribution < 1.29 is 4.79 Å². The van der Waals surface area contributed by atoms with Gasteiger partial charge in [0, 0.05) is 18.0 Å². The Morgan fingerprint density at radius 2 is 2.40 bits per heavy atom. The molecule has 1 aromatic heterocycles. The number of halogens is 2. The first-order valence-electron chi connectivity index (χ1n) is 4.88. The molecule has 15 heavy (non-hydrogen) atoms. The number of Topliss-reactive ketones (excluding diaryl/α,β-unsaturated/α-hetero) is 1. The fraction of sp³-hybridized carbons (Fsp3) is 0.500. The predicted molar refractivity (Wildman–Crippen MR) is 64.3 cm³/mol. The molecule has 2 rings (SSSR count). The molecule has 1 atom stereocenters. The van der Waals surface area contributed by atoms with E-state index in [1.807, 2.05) is 0 Å². The molecule has 2 heterocycles. The predicted octanol–water partition coefficient (Wildman–Crippen LogP) is 3.38. The van der Waals surface area contributed by atoms with E-state index in [4.69, 9.17) is 23.2 Å². The molecule has 1 saturated heterocycles. The fourth-order valence-corrected chi connectivity index (χ4v) is 3.29. The topological polar surface area (TPSA) is 29.1 Å². The molecule has 1 unspecified atom stereocenters. The van der Waals surface area contributed by atoms with E-state index in [-0.39, 0.29) is 5.78 Å². The first-order valence-corrected chi connectivity index (χ1v) is 6.45. The largest absolute Gasteiger partial charge is 0.314 e. The van der Waals surface area contributed by atoms with E-state index in [0.717, 1.165) is 19.4 Å². The number of nitrogens with one attached hydrogen (secondary N) is 1. The number of rotatable bonds is 3. The van der Waals surface area contributed by atoms with Gasteiger partial charge in [0.1, 0.15) is 4.34 Å². The highest BCUT2D eigenvalue weighted by Gasteiger charge is 2.21. The average Bonchev–Trinajstić information content (AvgIpc) is 2.75. The van der Waals surface area contributed by atoms with Crippen LogP contribution in [0.5, 0.6) is 0 Å². The van der Waals surface area contributed by atoms with E-state index in [9.17, 15) is 4.79 Å². The second-order valence-electron chi connectivity index (χ2n) is 3.66. The molecule has 0 aliphatic carbocycles. The Morgan fingerprint density at radius 1 is 1.60 bits per heavy atom. The van der Waals surface area contributed by atoms with Gasteiger partial charge in [0.2, 0.25) is 0 Å². The minimum Gasteiger partial charge on any atom is -0.314 e. The maximum absolute atomic E-state index is 11.9. The third kappa shape index (κ3) is 2.72. The first kappa shape index (κ1) is 11.4. The quantitative estimate of drug-likeness (QED) is 0.848. The molecular formula is C10H11Cl2NOS. The minimum atomic E-state index is 0.0857. The van der Waals surface area contributed by atoms with E-state index in [0.29, 0.717) is 26.7 Å². The highest BCUT2D eigenvalue weighted by molar-refractivity contribution is 7.20. The second-order valence-corrected chi connectivity index (χ2v) is 5.94. The summed E-state index contributed by atoms with van der Waals surface area (Å²) in [6.07, 6.45) is 2.74. The molecular weight excluding hydrogens is 253 g/mol. The van der Waals surface area contributed by atoms with Crippen LogP contribution in [0.2, 0.25) is 8.67 Å². The number of thiophene rings is 1. The molecule has 0 aromatic carbocycles. The van der Waals surface area contributed by atoms with Crippen LogP contribution in [-0.2, 0) is 0 Å². The van der Waals surface area contributed by atoms with Crippen molar-refractivity contribution in [3.63, 3.8) is 0 Å². The lowest BCUT2D eigenvalue weighted by Gasteiger charge is -2.07. The van der Waals surface area contributed by atoms with Crippen LogP contribution >= 0.6 is 34.5 Å². The van der Waals surface area contributed by atoms with Gasteiger partial charge >= 0.3 is 0 Å². The van der Waals surface area contributed by atoms with Gasteiger partial charge in [0.25, 0.3) is 0 Å². The summed E-state index contributed by atoms with van der Waals surface area (Å²) in [4.78, 5) is 11.9. The van der Waals surface area contributed by atoms with Crippen LogP contribution in [-0.4, -0.2) is 18.4 Å². The van der Waals surface area contributed by atoms with Gasteiger partial charge in [-0.2, -0.15) is 0 Å². The van der Waals surface area contributed by atoms with E-state index >= 15 is 0 Å². The fourth-order valence-electron chi connectivity index (χ4n) is 1.80. The molecule has 0 saturated carbocycles. The SMILES string of the molecule is O=C(CC1CCCN1)c1cc(Cl)sc1Cl. The van der Waals surface area contributed by atoms with Gasteiger partial charge in [-0.05, 0) is 25.5 Å². The molecule has 1 fully saturated rings. The van der Waals surface area contributed by atoms with Gasteiger partial charge in [0.05, 0.1) is 4.34 Å². The third-order valence-corrected chi connectivity index (χ3v) is 4.04. The standard InChI is InChI=1S/C10H11Cl2NOS/c11-9-5-7(10(12)15-9)8(14)4-6-2-1-3-13-6/h5-6,13H,1-4H2. The third-order valence-electron chi connectivity index (χ3n) is 2.55. The number of ketones is 1. The van der Waals surface area contributed by atoms with Crippen LogP contribution in [0.1, 0.15) is 29.6 Å². The summed E-state index contributed by atoms with van der Waals surface area (Å²) in [6, 6.07) is 1.97. The van der Waals surface area contributed by atoms with Crippen LogP contribution in [0.15, 0.2) is 6.07 Å². The van der Waals surface area contributed by atoms with Crippen LogP contribution < -0.4 is 5.32 Å². The van der Waals surface area contributed by atoms with Crippen molar-refractivity contribution >= 4 is 40.3 Å². The summed E-state index contributed by atoms with van der Waals surface area (Å²) in [5.41, 5.74) is 0.570. The maximum Gasteiger partial charge on any atom is 0.166 e. The molecule has 0 radical (unpaired) electrons. The number of hydrogen-bond donors (Lipinski definition) is 1. The molecule has 1 aliphatic rings. The Labute approximate surface area is 103 Å². The number of carbonyl (C=O) groups excluding carboxylic acids is 1. The van der Waals surface area contributed by atoms with Gasteiger partial charge < -0.3 is 5.32 Å². The van der Waals surface area contributed by atoms with E-state index < -0.39 is 0 Å². The Hall–Kier alpha value is -0.0900. The van der Waals surface area contributed by atoms with Crippen LogP contribution in [0, 0.1) is 0 Å². The van der Waals surface area contributed by atoms with Crippen molar-refractivity contribution in [1.29, 1.82) is 0 Å². The molecule has 1 aliphatic heterocycles. The van der Waals surface area contributed by atoms with Crippen molar-refractivity contribution in [3.05, 3.63) is 20.3 Å². The molecule has 0 spiro atoms. The summed E-state index contributed by atoms with van der Waals surface area (Å²) >= 11 is 13.0. The smallest absolute Gasteiger partial charge is 0.166 e. The van der Waals surface area contributed by atoms with E-state index in [1.165, 1.54) is 11.3 Å². The van der Waals surface area contributed by atoms with Gasteiger partial charge in [-0.15, -0.1) is 11.3 Å². The zero-order valence-electron chi connectivity index (χ0n) is 8.06. The van der Waals surface area contributed by atoms with Crippen LogP contribution in [0.3, 0.4) is 0 Å². The highest BCUT2D eigenvalue weighted by Crippen LogP contribution is 2.32. The highest BCUT2D eigenvalue weighted by atomic mass is 35.5. The summed E-state index contributed by atoms with van der Waals surface area (Å²) in [5, 5.41) is 3.29. The molecule has 2 nitrogen and oxygen atoms in total. The summed E-state index contributed by atoms with van der Waals surface area (Å²) < 4.78 is 1.07. The molecule has 1 aromatic rings.